The van der Waals surface area contributed by atoms with Crippen LogP contribution in [0, 0.1) is 11.3 Å². The molecule has 0 amide bonds. The Morgan fingerprint density at radius 1 is 1.56 bits per heavy atom. The zero-order valence-corrected chi connectivity index (χ0v) is 9.45. The molecular formula is C12H9ClN2O. The van der Waals surface area contributed by atoms with Gasteiger partial charge in [0.05, 0.1) is 12.5 Å². The van der Waals surface area contributed by atoms with Gasteiger partial charge >= 0.3 is 0 Å². The number of fused-ring (bicyclic) bond motifs is 1. The van der Waals surface area contributed by atoms with Gasteiger partial charge in [0, 0.05) is 34.7 Å². The average molecular weight is 233 g/mol. The number of carbonyl (C=O) groups excluding carboxylic acids is 1. The van der Waals surface area contributed by atoms with Crippen molar-refractivity contribution in [1.82, 2.24) is 4.57 Å². The molecule has 16 heavy (non-hydrogen) atoms. The fourth-order valence-corrected chi connectivity index (χ4v) is 1.93. The normalized spacial score (nSPS) is 10.3. The molecule has 80 valence electrons. The molecule has 0 spiro atoms. The zero-order chi connectivity index (χ0) is 11.7. The largest absolute Gasteiger partial charge is 0.350 e. The Morgan fingerprint density at radius 3 is 3.00 bits per heavy atom. The van der Waals surface area contributed by atoms with Gasteiger partial charge in [-0.05, 0) is 18.2 Å². The molecule has 0 aliphatic rings. The summed E-state index contributed by atoms with van der Waals surface area (Å²) in [5, 5.41) is 9.92. The molecule has 2 aromatic rings. The number of hydrogen-bond donors (Lipinski definition) is 0. The smallest absolute Gasteiger partial charge is 0.179 e. The van der Waals surface area contributed by atoms with E-state index in [9.17, 15) is 4.79 Å². The Bertz CT molecular complexity index is 607. The summed E-state index contributed by atoms with van der Waals surface area (Å²) >= 11 is 5.90. The van der Waals surface area contributed by atoms with Crippen LogP contribution < -0.4 is 0 Å². The third-order valence-corrected chi connectivity index (χ3v) is 2.73. The summed E-state index contributed by atoms with van der Waals surface area (Å²) in [6.07, 6.45) is 1.63. The molecule has 2 rings (SSSR count). The van der Waals surface area contributed by atoms with Crippen LogP contribution in [0.4, 0.5) is 0 Å². The van der Waals surface area contributed by atoms with Crippen molar-refractivity contribution in [2.75, 3.05) is 0 Å². The van der Waals surface area contributed by atoms with Crippen LogP contribution in [-0.4, -0.2) is 10.4 Å². The highest BCUT2D eigenvalue weighted by molar-refractivity contribution is 6.31. The topological polar surface area (TPSA) is 45.8 Å². The Morgan fingerprint density at radius 2 is 2.31 bits per heavy atom. The Labute approximate surface area is 97.8 Å². The van der Waals surface area contributed by atoms with Crippen molar-refractivity contribution in [3.63, 3.8) is 0 Å². The number of rotatable bonds is 2. The van der Waals surface area contributed by atoms with Gasteiger partial charge < -0.3 is 4.57 Å². The molecule has 0 aliphatic carbocycles. The number of aryl methyl sites for hydroxylation is 1. The highest BCUT2D eigenvalue weighted by atomic mass is 35.5. The number of hydrogen-bond acceptors (Lipinski definition) is 2. The number of nitriles is 1. The van der Waals surface area contributed by atoms with Crippen molar-refractivity contribution in [1.29, 1.82) is 5.26 Å². The molecule has 0 radical (unpaired) electrons. The molecule has 1 aromatic heterocycles. The van der Waals surface area contributed by atoms with Crippen LogP contribution in [0.25, 0.3) is 10.9 Å². The minimum Gasteiger partial charge on any atom is -0.350 e. The van der Waals surface area contributed by atoms with E-state index in [4.69, 9.17) is 16.9 Å². The molecule has 0 fully saturated rings. The first-order valence-electron chi connectivity index (χ1n) is 4.78. The molecule has 0 bridgehead atoms. The van der Waals surface area contributed by atoms with Gasteiger partial charge in [-0.25, -0.2) is 0 Å². The summed E-state index contributed by atoms with van der Waals surface area (Å²) < 4.78 is 1.86. The van der Waals surface area contributed by atoms with E-state index < -0.39 is 0 Å². The molecular weight excluding hydrogens is 224 g/mol. The molecule has 0 unspecified atom stereocenters. The summed E-state index contributed by atoms with van der Waals surface area (Å²) in [4.78, 5) is 11.7. The monoisotopic (exact) mass is 232 g/mol. The minimum absolute atomic E-state index is 0.106. The molecule has 0 saturated carbocycles. The highest BCUT2D eigenvalue weighted by Crippen LogP contribution is 2.25. The van der Waals surface area contributed by atoms with Crippen molar-refractivity contribution in [3.05, 3.63) is 35.0 Å². The second-order valence-electron chi connectivity index (χ2n) is 3.57. The van der Waals surface area contributed by atoms with E-state index in [0.29, 0.717) is 10.6 Å². The van der Waals surface area contributed by atoms with Crippen molar-refractivity contribution in [2.45, 2.75) is 6.42 Å². The van der Waals surface area contributed by atoms with Gasteiger partial charge in [0.1, 0.15) is 0 Å². The molecule has 0 saturated heterocycles. The first-order valence-corrected chi connectivity index (χ1v) is 5.16. The number of nitrogens with zero attached hydrogens (tertiary/aromatic N) is 2. The van der Waals surface area contributed by atoms with E-state index in [1.165, 1.54) is 0 Å². The Balaban J connectivity index is 2.67. The standard InChI is InChI=1S/C12H9ClN2O/c1-15-7-10(12(16)4-5-14)9-6-8(13)2-3-11(9)15/h2-3,6-7H,4H2,1H3. The Kier molecular flexibility index (Phi) is 2.67. The van der Waals surface area contributed by atoms with Crippen LogP contribution in [-0.2, 0) is 7.05 Å². The quantitative estimate of drug-likeness (QED) is 0.748. The SMILES string of the molecule is Cn1cc(C(=O)CC#N)c2cc(Cl)ccc21. The van der Waals surface area contributed by atoms with Crippen LogP contribution in [0.2, 0.25) is 5.02 Å². The summed E-state index contributed by atoms with van der Waals surface area (Å²) in [6, 6.07) is 7.26. The second kappa shape index (κ2) is 3.99. The number of carbonyl (C=O) groups is 1. The van der Waals surface area contributed by atoms with Crippen LogP contribution in [0.3, 0.4) is 0 Å². The first kappa shape index (κ1) is 10.7. The van der Waals surface area contributed by atoms with E-state index in [-0.39, 0.29) is 12.2 Å². The third kappa shape index (κ3) is 1.68. The second-order valence-corrected chi connectivity index (χ2v) is 4.01. The van der Waals surface area contributed by atoms with E-state index in [2.05, 4.69) is 0 Å². The number of benzene rings is 1. The van der Waals surface area contributed by atoms with Crippen molar-refractivity contribution >= 4 is 28.3 Å². The summed E-state index contributed by atoms with van der Waals surface area (Å²) in [6.45, 7) is 0. The number of Topliss-reactive ketones (excluding diaryl/α,β-unsaturated/α-hetero) is 1. The molecule has 4 heteroatoms. The van der Waals surface area contributed by atoms with Crippen LogP contribution >= 0.6 is 11.6 Å². The first-order chi connectivity index (χ1) is 7.63. The number of halogens is 1. The predicted octanol–water partition coefficient (Wildman–Crippen LogP) is 2.93. The van der Waals surface area contributed by atoms with E-state index >= 15 is 0 Å². The minimum atomic E-state index is -0.171. The van der Waals surface area contributed by atoms with Gasteiger partial charge in [0.25, 0.3) is 0 Å². The summed E-state index contributed by atoms with van der Waals surface area (Å²) in [5.41, 5.74) is 1.49. The van der Waals surface area contributed by atoms with Crippen LogP contribution in [0.1, 0.15) is 16.8 Å². The fourth-order valence-electron chi connectivity index (χ4n) is 1.75. The molecule has 1 aromatic carbocycles. The van der Waals surface area contributed by atoms with E-state index in [1.807, 2.05) is 23.8 Å². The molecule has 0 atom stereocenters. The van der Waals surface area contributed by atoms with Crippen LogP contribution in [0.5, 0.6) is 0 Å². The van der Waals surface area contributed by atoms with Gasteiger partial charge in [-0.3, -0.25) is 4.79 Å². The van der Waals surface area contributed by atoms with Gasteiger partial charge in [0.15, 0.2) is 5.78 Å². The lowest BCUT2D eigenvalue weighted by atomic mass is 10.1. The van der Waals surface area contributed by atoms with Crippen LogP contribution in [0.15, 0.2) is 24.4 Å². The zero-order valence-electron chi connectivity index (χ0n) is 8.70. The van der Waals surface area contributed by atoms with Crippen molar-refractivity contribution in [3.8, 4) is 6.07 Å². The van der Waals surface area contributed by atoms with Crippen molar-refractivity contribution < 1.29 is 4.79 Å². The lowest BCUT2D eigenvalue weighted by molar-refractivity contribution is 0.0999. The van der Waals surface area contributed by atoms with Gasteiger partial charge in [0.2, 0.25) is 0 Å². The van der Waals surface area contributed by atoms with Crippen molar-refractivity contribution in [2.24, 2.45) is 7.05 Å². The number of aromatic nitrogens is 1. The lowest BCUT2D eigenvalue weighted by Gasteiger charge is -1.96. The number of ketones is 1. The molecule has 3 nitrogen and oxygen atoms in total. The fraction of sp³-hybridized carbons (Fsp3) is 0.167. The van der Waals surface area contributed by atoms with Gasteiger partial charge in [-0.2, -0.15) is 5.26 Å². The maximum atomic E-state index is 11.7. The van der Waals surface area contributed by atoms with Gasteiger partial charge in [-0.15, -0.1) is 0 Å². The molecule has 0 aliphatic heterocycles. The van der Waals surface area contributed by atoms with Gasteiger partial charge in [-0.1, -0.05) is 11.6 Å². The van der Waals surface area contributed by atoms with E-state index in [1.54, 1.807) is 18.3 Å². The Hall–Kier alpha value is -1.79. The summed E-state index contributed by atoms with van der Waals surface area (Å²) in [5.74, 6) is -0.171. The molecule has 1 heterocycles. The third-order valence-electron chi connectivity index (χ3n) is 2.49. The predicted molar refractivity (Wildman–Crippen MR) is 62.5 cm³/mol. The van der Waals surface area contributed by atoms with E-state index in [0.717, 1.165) is 10.9 Å². The summed E-state index contributed by atoms with van der Waals surface area (Å²) in [7, 11) is 1.86. The highest BCUT2D eigenvalue weighted by Gasteiger charge is 2.13. The lowest BCUT2D eigenvalue weighted by Crippen LogP contribution is -1.95. The molecule has 0 N–H and O–H groups in total. The maximum Gasteiger partial charge on any atom is 0.179 e. The maximum absolute atomic E-state index is 11.7. The average Bonchev–Trinajstić information content (AvgIpc) is 2.56.